The maximum atomic E-state index is 6.15. The second-order valence-corrected chi connectivity index (χ2v) is 7.08. The smallest absolute Gasteiger partial charge is 0.133 e. The van der Waals surface area contributed by atoms with Crippen LogP contribution in [0.25, 0.3) is 10.9 Å². The maximum absolute atomic E-state index is 6.15. The molecule has 1 aliphatic carbocycles. The molecule has 0 atom stereocenters. The molecule has 0 spiro atoms. The number of aromatic nitrogens is 1. The highest BCUT2D eigenvalue weighted by molar-refractivity contribution is 5.86. The molecule has 2 aromatic rings. The predicted octanol–water partition coefficient (Wildman–Crippen LogP) is 4.51. The standard InChI is InChI=1S/C21H30N2O2/c1-3-4-13-24-21-15(2)20(23-19-8-6-5-7-18(19)21)14-25-17-11-9-16(22)10-12-17/h5-8,16-17H,3-4,9-14,22H2,1-2H3/t16-,17-. The summed E-state index contributed by atoms with van der Waals surface area (Å²) in [6, 6.07) is 8.54. The average Bonchev–Trinajstić information content (AvgIpc) is 2.63. The first-order valence-corrected chi connectivity index (χ1v) is 9.57. The van der Waals surface area contributed by atoms with E-state index in [1.54, 1.807) is 0 Å². The van der Waals surface area contributed by atoms with E-state index in [0.29, 0.717) is 18.8 Å². The number of hydrogen-bond acceptors (Lipinski definition) is 4. The Morgan fingerprint density at radius 2 is 1.92 bits per heavy atom. The Morgan fingerprint density at radius 1 is 1.16 bits per heavy atom. The summed E-state index contributed by atoms with van der Waals surface area (Å²) in [4.78, 5) is 4.83. The molecule has 0 bridgehead atoms. The van der Waals surface area contributed by atoms with Crippen molar-refractivity contribution in [1.29, 1.82) is 0 Å². The fourth-order valence-corrected chi connectivity index (χ4v) is 3.42. The number of fused-ring (bicyclic) bond motifs is 1. The highest BCUT2D eigenvalue weighted by Gasteiger charge is 2.20. The summed E-state index contributed by atoms with van der Waals surface area (Å²) in [7, 11) is 0. The first kappa shape index (κ1) is 18.2. The number of rotatable bonds is 7. The number of nitrogens with two attached hydrogens (primary N) is 1. The molecule has 4 nitrogen and oxygen atoms in total. The van der Waals surface area contributed by atoms with Gasteiger partial charge in [-0.15, -0.1) is 0 Å². The number of ether oxygens (including phenoxy) is 2. The van der Waals surface area contributed by atoms with Gasteiger partial charge in [0, 0.05) is 17.0 Å². The normalized spacial score (nSPS) is 20.8. The van der Waals surface area contributed by atoms with E-state index in [1.807, 2.05) is 18.2 Å². The SMILES string of the molecule is CCCCOc1c(C)c(CO[C@H]2CC[C@H](N)CC2)nc2ccccc12. The number of nitrogens with zero attached hydrogens (tertiary/aromatic N) is 1. The van der Waals surface area contributed by atoms with Crippen LogP contribution in [-0.2, 0) is 11.3 Å². The molecule has 1 fully saturated rings. The molecule has 1 aromatic carbocycles. The number of para-hydroxylation sites is 1. The molecule has 0 amide bonds. The van der Waals surface area contributed by atoms with Crippen LogP contribution in [0.4, 0.5) is 0 Å². The van der Waals surface area contributed by atoms with Gasteiger partial charge in [0.2, 0.25) is 0 Å². The number of hydrogen-bond donors (Lipinski definition) is 1. The topological polar surface area (TPSA) is 57.4 Å². The van der Waals surface area contributed by atoms with Gasteiger partial charge in [-0.3, -0.25) is 0 Å². The molecule has 0 unspecified atom stereocenters. The van der Waals surface area contributed by atoms with Crippen molar-refractivity contribution >= 4 is 10.9 Å². The van der Waals surface area contributed by atoms with E-state index in [1.165, 1.54) is 0 Å². The van der Waals surface area contributed by atoms with Crippen LogP contribution in [-0.4, -0.2) is 23.7 Å². The van der Waals surface area contributed by atoms with Crippen molar-refractivity contribution in [2.45, 2.75) is 71.1 Å². The summed E-state index contributed by atoms with van der Waals surface area (Å²) in [6.07, 6.45) is 6.70. The fraction of sp³-hybridized carbons (Fsp3) is 0.571. The van der Waals surface area contributed by atoms with E-state index in [0.717, 1.165) is 73.0 Å². The molecular formula is C21H30N2O2. The Hall–Kier alpha value is -1.65. The number of unbranched alkanes of at least 4 members (excludes halogenated alkanes) is 1. The van der Waals surface area contributed by atoms with Gasteiger partial charge in [-0.05, 0) is 51.2 Å². The van der Waals surface area contributed by atoms with Crippen LogP contribution in [0.5, 0.6) is 5.75 Å². The van der Waals surface area contributed by atoms with E-state index >= 15 is 0 Å². The minimum atomic E-state index is 0.303. The minimum Gasteiger partial charge on any atom is -0.493 e. The summed E-state index contributed by atoms with van der Waals surface area (Å²) in [5, 5.41) is 1.09. The Bertz CT molecular complexity index is 694. The first-order chi connectivity index (χ1) is 12.2. The van der Waals surface area contributed by atoms with Crippen LogP contribution in [0.1, 0.15) is 56.7 Å². The largest absolute Gasteiger partial charge is 0.493 e. The van der Waals surface area contributed by atoms with E-state index in [2.05, 4.69) is 19.9 Å². The monoisotopic (exact) mass is 342 g/mol. The third kappa shape index (κ3) is 4.50. The maximum Gasteiger partial charge on any atom is 0.133 e. The second kappa shape index (κ2) is 8.63. The summed E-state index contributed by atoms with van der Waals surface area (Å²) >= 11 is 0. The van der Waals surface area contributed by atoms with Crippen LogP contribution in [0.15, 0.2) is 24.3 Å². The Morgan fingerprint density at radius 3 is 2.68 bits per heavy atom. The molecule has 2 N–H and O–H groups in total. The quantitative estimate of drug-likeness (QED) is 0.752. The molecule has 136 valence electrons. The van der Waals surface area contributed by atoms with Gasteiger partial charge in [0.25, 0.3) is 0 Å². The molecule has 4 heteroatoms. The first-order valence-electron chi connectivity index (χ1n) is 9.57. The average molecular weight is 342 g/mol. The van der Waals surface area contributed by atoms with Gasteiger partial charge >= 0.3 is 0 Å². The summed E-state index contributed by atoms with van der Waals surface area (Å²) < 4.78 is 12.3. The lowest BCUT2D eigenvalue weighted by atomic mass is 9.94. The van der Waals surface area contributed by atoms with Crippen molar-refractivity contribution in [3.63, 3.8) is 0 Å². The van der Waals surface area contributed by atoms with Crippen molar-refractivity contribution in [1.82, 2.24) is 4.98 Å². The molecular weight excluding hydrogens is 312 g/mol. The third-order valence-electron chi connectivity index (χ3n) is 5.10. The number of benzene rings is 1. The molecule has 1 aromatic heterocycles. The third-order valence-corrected chi connectivity index (χ3v) is 5.10. The summed E-state index contributed by atoms with van der Waals surface area (Å²) in [5.74, 6) is 0.961. The second-order valence-electron chi connectivity index (χ2n) is 7.08. The molecule has 0 radical (unpaired) electrons. The van der Waals surface area contributed by atoms with Gasteiger partial charge in [-0.1, -0.05) is 25.5 Å². The zero-order valence-corrected chi connectivity index (χ0v) is 15.5. The van der Waals surface area contributed by atoms with Crippen LogP contribution >= 0.6 is 0 Å². The van der Waals surface area contributed by atoms with Crippen molar-refractivity contribution in [2.75, 3.05) is 6.61 Å². The van der Waals surface area contributed by atoms with Gasteiger partial charge in [0.15, 0.2) is 0 Å². The fourth-order valence-electron chi connectivity index (χ4n) is 3.42. The van der Waals surface area contributed by atoms with Gasteiger partial charge in [-0.25, -0.2) is 4.98 Å². The van der Waals surface area contributed by atoms with Crippen LogP contribution in [0.3, 0.4) is 0 Å². The van der Waals surface area contributed by atoms with E-state index < -0.39 is 0 Å². The van der Waals surface area contributed by atoms with Crippen molar-refractivity contribution in [3.05, 3.63) is 35.5 Å². The lowest BCUT2D eigenvalue weighted by molar-refractivity contribution is 0.0120. The molecule has 0 aliphatic heterocycles. The zero-order valence-electron chi connectivity index (χ0n) is 15.5. The zero-order chi connectivity index (χ0) is 17.6. The molecule has 0 saturated heterocycles. The molecule has 25 heavy (non-hydrogen) atoms. The summed E-state index contributed by atoms with van der Waals surface area (Å²) in [5.41, 5.74) is 9.05. The molecule has 3 rings (SSSR count). The minimum absolute atomic E-state index is 0.303. The van der Waals surface area contributed by atoms with Gasteiger partial charge < -0.3 is 15.2 Å². The van der Waals surface area contributed by atoms with Crippen LogP contribution < -0.4 is 10.5 Å². The van der Waals surface area contributed by atoms with Crippen LogP contribution in [0.2, 0.25) is 0 Å². The van der Waals surface area contributed by atoms with E-state index in [-0.39, 0.29) is 0 Å². The molecule has 1 aliphatic rings. The Labute approximate surface area is 150 Å². The van der Waals surface area contributed by atoms with Crippen LogP contribution in [0, 0.1) is 6.92 Å². The highest BCUT2D eigenvalue weighted by Crippen LogP contribution is 2.31. The predicted molar refractivity (Wildman–Crippen MR) is 102 cm³/mol. The van der Waals surface area contributed by atoms with Crippen molar-refractivity contribution < 1.29 is 9.47 Å². The van der Waals surface area contributed by atoms with E-state index in [9.17, 15) is 0 Å². The lowest BCUT2D eigenvalue weighted by Gasteiger charge is -2.26. The lowest BCUT2D eigenvalue weighted by Crippen LogP contribution is -2.30. The van der Waals surface area contributed by atoms with Gasteiger partial charge in [-0.2, -0.15) is 0 Å². The summed E-state index contributed by atoms with van der Waals surface area (Å²) in [6.45, 7) is 5.55. The highest BCUT2D eigenvalue weighted by atomic mass is 16.5. The Balaban J connectivity index is 1.78. The van der Waals surface area contributed by atoms with Crippen molar-refractivity contribution in [3.8, 4) is 5.75 Å². The van der Waals surface area contributed by atoms with E-state index in [4.69, 9.17) is 20.2 Å². The Kier molecular flexibility index (Phi) is 6.27. The molecule has 1 saturated carbocycles. The number of pyridine rings is 1. The van der Waals surface area contributed by atoms with Gasteiger partial charge in [0.05, 0.1) is 30.5 Å². The van der Waals surface area contributed by atoms with Crippen molar-refractivity contribution in [2.24, 2.45) is 5.73 Å². The van der Waals surface area contributed by atoms with Gasteiger partial charge in [0.1, 0.15) is 5.75 Å². The molecule has 1 heterocycles.